The van der Waals surface area contributed by atoms with E-state index in [0.717, 1.165) is 11.9 Å². The number of nitrogens with one attached hydrogen (secondary N) is 1. The third-order valence-corrected chi connectivity index (χ3v) is 5.26. The van der Waals surface area contributed by atoms with Gasteiger partial charge in [0, 0.05) is 46.7 Å². The zero-order chi connectivity index (χ0) is 18.3. The standard InChI is InChI=1S/C20H18Cl2N2O2/c1-12-2-4-14-15-10-24(7-6-17(15)23-18(14)8-12)20(25)11-26-19-5-3-13(21)9-16(19)22/h2-5,8-9,23H,6-7,10-11H2,1H3. The number of benzene rings is 2. The summed E-state index contributed by atoms with van der Waals surface area (Å²) in [7, 11) is 0. The van der Waals surface area contributed by atoms with Gasteiger partial charge in [0.1, 0.15) is 5.75 Å². The maximum atomic E-state index is 12.6. The smallest absolute Gasteiger partial charge is 0.260 e. The number of carbonyl (C=O) groups excluding carboxylic acids is 1. The first kappa shape index (κ1) is 17.3. The summed E-state index contributed by atoms with van der Waals surface area (Å²) in [5.74, 6) is 0.410. The van der Waals surface area contributed by atoms with Gasteiger partial charge in [0.2, 0.25) is 0 Å². The van der Waals surface area contributed by atoms with Crippen molar-refractivity contribution in [2.24, 2.45) is 0 Å². The highest BCUT2D eigenvalue weighted by Gasteiger charge is 2.24. The Labute approximate surface area is 161 Å². The van der Waals surface area contributed by atoms with Crippen LogP contribution in [0.25, 0.3) is 10.9 Å². The average molecular weight is 389 g/mol. The van der Waals surface area contributed by atoms with Crippen molar-refractivity contribution in [2.75, 3.05) is 13.2 Å². The molecular weight excluding hydrogens is 371 g/mol. The summed E-state index contributed by atoms with van der Waals surface area (Å²) < 4.78 is 5.59. The summed E-state index contributed by atoms with van der Waals surface area (Å²) in [5, 5.41) is 2.12. The SMILES string of the molecule is Cc1ccc2c3c([nH]c2c1)CCN(C(=O)COc1ccc(Cl)cc1Cl)C3. The van der Waals surface area contributed by atoms with E-state index < -0.39 is 0 Å². The highest BCUT2D eigenvalue weighted by atomic mass is 35.5. The number of ether oxygens (including phenoxy) is 1. The van der Waals surface area contributed by atoms with Crippen LogP contribution in [0.2, 0.25) is 10.0 Å². The fraction of sp³-hybridized carbons (Fsp3) is 0.250. The number of carbonyl (C=O) groups is 1. The number of fused-ring (bicyclic) bond motifs is 3. The highest BCUT2D eigenvalue weighted by molar-refractivity contribution is 6.35. The number of halogens is 2. The molecular formula is C20H18Cl2N2O2. The van der Waals surface area contributed by atoms with Crippen LogP contribution in [0.5, 0.6) is 5.75 Å². The van der Waals surface area contributed by atoms with E-state index in [1.165, 1.54) is 22.2 Å². The molecule has 1 aromatic heterocycles. The lowest BCUT2D eigenvalue weighted by molar-refractivity contribution is -0.134. The minimum atomic E-state index is -0.0527. The summed E-state index contributed by atoms with van der Waals surface area (Å²) >= 11 is 12.0. The van der Waals surface area contributed by atoms with Gasteiger partial charge in [-0.2, -0.15) is 0 Å². The van der Waals surface area contributed by atoms with Crippen LogP contribution in [0.3, 0.4) is 0 Å². The Hall–Kier alpha value is -2.17. The summed E-state index contributed by atoms with van der Waals surface area (Å²) in [5.41, 5.74) is 4.77. The largest absolute Gasteiger partial charge is 0.482 e. The van der Waals surface area contributed by atoms with Crippen LogP contribution < -0.4 is 4.74 Å². The van der Waals surface area contributed by atoms with Gasteiger partial charge in [-0.3, -0.25) is 4.79 Å². The van der Waals surface area contributed by atoms with Gasteiger partial charge < -0.3 is 14.6 Å². The zero-order valence-electron chi connectivity index (χ0n) is 14.3. The monoisotopic (exact) mass is 388 g/mol. The number of hydrogen-bond acceptors (Lipinski definition) is 2. The molecule has 0 atom stereocenters. The van der Waals surface area contributed by atoms with Gasteiger partial charge in [-0.1, -0.05) is 35.3 Å². The Bertz CT molecular complexity index is 997. The quantitative estimate of drug-likeness (QED) is 0.703. The molecule has 4 nitrogen and oxygen atoms in total. The molecule has 6 heteroatoms. The summed E-state index contributed by atoms with van der Waals surface area (Å²) in [4.78, 5) is 17.9. The second kappa shape index (κ2) is 6.86. The van der Waals surface area contributed by atoms with Gasteiger partial charge in [-0.05, 0) is 36.8 Å². The predicted octanol–water partition coefficient (Wildman–Crippen LogP) is 4.75. The number of amides is 1. The lowest BCUT2D eigenvalue weighted by Crippen LogP contribution is -2.38. The number of rotatable bonds is 3. The normalized spacial score (nSPS) is 13.7. The van der Waals surface area contributed by atoms with Crippen LogP contribution in [0.4, 0.5) is 0 Å². The molecule has 0 saturated heterocycles. The minimum Gasteiger partial charge on any atom is -0.482 e. The highest BCUT2D eigenvalue weighted by Crippen LogP contribution is 2.29. The van der Waals surface area contributed by atoms with Crippen molar-refractivity contribution >= 4 is 40.0 Å². The summed E-state index contributed by atoms with van der Waals surface area (Å²) in [6.45, 7) is 3.30. The maximum Gasteiger partial charge on any atom is 0.260 e. The molecule has 0 bridgehead atoms. The molecule has 1 aliphatic heterocycles. The fourth-order valence-electron chi connectivity index (χ4n) is 3.37. The molecule has 0 spiro atoms. The number of nitrogens with zero attached hydrogens (tertiary/aromatic N) is 1. The van der Waals surface area contributed by atoms with Crippen LogP contribution in [-0.4, -0.2) is 28.9 Å². The maximum absolute atomic E-state index is 12.6. The lowest BCUT2D eigenvalue weighted by Gasteiger charge is -2.27. The number of H-pyrrole nitrogens is 1. The first-order chi connectivity index (χ1) is 12.5. The van der Waals surface area contributed by atoms with Gasteiger partial charge in [-0.15, -0.1) is 0 Å². The van der Waals surface area contributed by atoms with E-state index >= 15 is 0 Å². The third-order valence-electron chi connectivity index (χ3n) is 4.73. The topological polar surface area (TPSA) is 45.3 Å². The van der Waals surface area contributed by atoms with Crippen LogP contribution in [0.1, 0.15) is 16.8 Å². The van der Waals surface area contributed by atoms with Gasteiger partial charge in [-0.25, -0.2) is 0 Å². The van der Waals surface area contributed by atoms with E-state index in [-0.39, 0.29) is 12.5 Å². The zero-order valence-corrected chi connectivity index (χ0v) is 15.8. The molecule has 0 radical (unpaired) electrons. The van der Waals surface area contributed by atoms with Crippen molar-refractivity contribution in [3.8, 4) is 5.75 Å². The first-order valence-electron chi connectivity index (χ1n) is 8.47. The van der Waals surface area contributed by atoms with E-state index in [0.29, 0.717) is 28.9 Å². The Balaban J connectivity index is 1.48. The summed E-state index contributed by atoms with van der Waals surface area (Å²) in [6.07, 6.45) is 0.816. The lowest BCUT2D eigenvalue weighted by atomic mass is 10.0. The molecule has 1 aliphatic rings. The van der Waals surface area contributed by atoms with Crippen molar-refractivity contribution < 1.29 is 9.53 Å². The van der Waals surface area contributed by atoms with E-state index in [9.17, 15) is 4.79 Å². The van der Waals surface area contributed by atoms with Gasteiger partial charge in [0.25, 0.3) is 5.91 Å². The van der Waals surface area contributed by atoms with Crippen LogP contribution in [0.15, 0.2) is 36.4 Å². The predicted molar refractivity (Wildman–Crippen MR) is 104 cm³/mol. The number of aromatic amines is 1. The number of aromatic nitrogens is 1. The second-order valence-electron chi connectivity index (χ2n) is 6.56. The molecule has 0 saturated carbocycles. The Morgan fingerprint density at radius 2 is 2.08 bits per heavy atom. The van der Waals surface area contributed by atoms with Crippen molar-refractivity contribution in [2.45, 2.75) is 19.9 Å². The fourth-order valence-corrected chi connectivity index (χ4v) is 3.83. The van der Waals surface area contributed by atoms with Gasteiger partial charge in [0.15, 0.2) is 6.61 Å². The molecule has 2 aromatic carbocycles. The van der Waals surface area contributed by atoms with Crippen molar-refractivity contribution in [3.05, 3.63) is 63.3 Å². The van der Waals surface area contributed by atoms with Crippen LogP contribution in [0, 0.1) is 6.92 Å². The van der Waals surface area contributed by atoms with Crippen LogP contribution >= 0.6 is 23.2 Å². The third kappa shape index (κ3) is 3.27. The molecule has 134 valence electrons. The Kier molecular flexibility index (Phi) is 4.55. The van der Waals surface area contributed by atoms with Gasteiger partial charge in [0.05, 0.1) is 5.02 Å². The molecule has 2 heterocycles. The van der Waals surface area contributed by atoms with Crippen LogP contribution in [-0.2, 0) is 17.8 Å². The van der Waals surface area contributed by atoms with Crippen molar-refractivity contribution in [1.29, 1.82) is 0 Å². The second-order valence-corrected chi connectivity index (χ2v) is 7.40. The molecule has 1 amide bonds. The Morgan fingerprint density at radius 1 is 1.23 bits per heavy atom. The van der Waals surface area contributed by atoms with Crippen molar-refractivity contribution in [1.82, 2.24) is 9.88 Å². The minimum absolute atomic E-state index is 0.0435. The molecule has 0 aliphatic carbocycles. The van der Waals surface area contributed by atoms with E-state index in [1.807, 2.05) is 4.90 Å². The van der Waals surface area contributed by atoms with E-state index in [2.05, 4.69) is 30.1 Å². The number of hydrogen-bond donors (Lipinski definition) is 1. The molecule has 26 heavy (non-hydrogen) atoms. The average Bonchev–Trinajstić information content (AvgIpc) is 2.97. The molecule has 0 fully saturated rings. The molecule has 0 unspecified atom stereocenters. The summed E-state index contributed by atoms with van der Waals surface area (Å²) in [6, 6.07) is 11.3. The van der Waals surface area contributed by atoms with Gasteiger partial charge >= 0.3 is 0 Å². The molecule has 4 rings (SSSR count). The van der Waals surface area contributed by atoms with E-state index in [4.69, 9.17) is 27.9 Å². The van der Waals surface area contributed by atoms with E-state index in [1.54, 1.807) is 18.2 Å². The first-order valence-corrected chi connectivity index (χ1v) is 9.22. The number of aryl methyl sites for hydroxylation is 1. The molecule has 1 N–H and O–H groups in total. The van der Waals surface area contributed by atoms with Crippen molar-refractivity contribution in [3.63, 3.8) is 0 Å². The molecule has 3 aromatic rings. The Morgan fingerprint density at radius 3 is 2.88 bits per heavy atom.